The zero-order valence-electron chi connectivity index (χ0n) is 26.1. The van der Waals surface area contributed by atoms with Crippen molar-refractivity contribution in [3.8, 4) is 23.2 Å². The largest absolute Gasteiger partial charge is 0.495 e. The molecule has 3 aromatic carbocycles. The van der Waals surface area contributed by atoms with Crippen molar-refractivity contribution in [3.05, 3.63) is 117 Å². The van der Waals surface area contributed by atoms with E-state index in [2.05, 4.69) is 15.2 Å². The number of para-hydroxylation sites is 3. The van der Waals surface area contributed by atoms with E-state index in [0.717, 1.165) is 0 Å². The van der Waals surface area contributed by atoms with Crippen LogP contribution < -0.4 is 20.4 Å². The van der Waals surface area contributed by atoms with E-state index in [1.165, 1.54) is 31.4 Å². The summed E-state index contributed by atoms with van der Waals surface area (Å²) in [5, 5.41) is 13.8. The summed E-state index contributed by atoms with van der Waals surface area (Å²) < 4.78 is 39.1. The van der Waals surface area contributed by atoms with Gasteiger partial charge in [0.15, 0.2) is 0 Å². The van der Waals surface area contributed by atoms with Crippen molar-refractivity contribution in [2.75, 3.05) is 17.3 Å². The first-order valence-corrected chi connectivity index (χ1v) is 16.0. The molecule has 14 heteroatoms. The first-order chi connectivity index (χ1) is 22.4. The molecule has 0 saturated heterocycles. The molecule has 12 nitrogen and oxygen atoms in total. The number of carbonyl (C=O) groups is 1. The first-order valence-electron chi connectivity index (χ1n) is 14.2. The second-order valence-electron chi connectivity index (χ2n) is 10.5. The molecular formula is C33H30ClN7O5S. The van der Waals surface area contributed by atoms with Gasteiger partial charge in [-0.1, -0.05) is 41.9 Å². The normalized spacial score (nSPS) is 11.6. The molecule has 0 atom stereocenters. The molecule has 47 heavy (non-hydrogen) atoms. The molecule has 5 rings (SSSR count). The fourth-order valence-corrected chi connectivity index (χ4v) is 6.83. The van der Waals surface area contributed by atoms with Gasteiger partial charge in [-0.3, -0.25) is 24.4 Å². The summed E-state index contributed by atoms with van der Waals surface area (Å²) in [5.74, 6) is -0.372. The van der Waals surface area contributed by atoms with E-state index in [0.29, 0.717) is 34.2 Å². The van der Waals surface area contributed by atoms with Crippen LogP contribution >= 0.6 is 11.6 Å². The molecule has 0 spiro atoms. The number of nitrogens with one attached hydrogen (secondary N) is 2. The van der Waals surface area contributed by atoms with Gasteiger partial charge in [-0.25, -0.2) is 13.1 Å². The van der Waals surface area contributed by atoms with E-state index in [1.54, 1.807) is 59.1 Å². The van der Waals surface area contributed by atoms with Crippen LogP contribution in [0.1, 0.15) is 27.4 Å². The molecule has 0 bridgehead atoms. The summed E-state index contributed by atoms with van der Waals surface area (Å²) in [6.45, 7) is 5.26. The molecule has 0 amide bonds. The van der Waals surface area contributed by atoms with E-state index >= 15 is 0 Å². The highest BCUT2D eigenvalue weighted by atomic mass is 35.5. The standard InChI is InChI=1S/C33H30ClN7O5S/c1-20-17-25(21(2)40(20)31-22(3)39(4)41(33(31)43)24-11-7-6-8-12-24)32(42)28(19-35)37-36-23-15-16-26(34)30(18-23)47(44,45)38-27-13-9-10-14-29(27)46-5/h6-18,36,38H,1-5H3/b37-28+. The van der Waals surface area contributed by atoms with Gasteiger partial charge in [0, 0.05) is 24.0 Å². The number of halogens is 1. The van der Waals surface area contributed by atoms with E-state index in [1.807, 2.05) is 43.3 Å². The zero-order chi connectivity index (χ0) is 34.0. The number of aryl methyl sites for hydroxylation is 1. The molecule has 2 heterocycles. The monoisotopic (exact) mass is 671 g/mol. The van der Waals surface area contributed by atoms with Crippen LogP contribution in [0.3, 0.4) is 0 Å². The fourth-order valence-electron chi connectivity index (χ4n) is 5.23. The number of anilines is 2. The summed E-state index contributed by atoms with van der Waals surface area (Å²) >= 11 is 6.25. The number of sulfonamides is 1. The van der Waals surface area contributed by atoms with Crippen LogP contribution in [0.4, 0.5) is 11.4 Å². The Bertz CT molecular complexity index is 2260. The average Bonchev–Trinajstić information content (AvgIpc) is 3.46. The molecule has 0 aliphatic heterocycles. The number of carbonyl (C=O) groups excluding carboxylic acids is 1. The van der Waals surface area contributed by atoms with Crippen molar-refractivity contribution < 1.29 is 17.9 Å². The number of nitriles is 1. The third kappa shape index (κ3) is 6.16. The van der Waals surface area contributed by atoms with Crippen molar-refractivity contribution in [1.29, 1.82) is 5.26 Å². The van der Waals surface area contributed by atoms with Crippen molar-refractivity contribution in [2.45, 2.75) is 25.7 Å². The Balaban J connectivity index is 1.45. The molecule has 0 radical (unpaired) electrons. The van der Waals surface area contributed by atoms with Crippen LogP contribution in [0, 0.1) is 32.1 Å². The molecule has 0 saturated carbocycles. The molecule has 240 valence electrons. The van der Waals surface area contributed by atoms with Gasteiger partial charge in [-0.2, -0.15) is 10.4 Å². The Morgan fingerprint density at radius 3 is 2.34 bits per heavy atom. The van der Waals surface area contributed by atoms with Gasteiger partial charge in [-0.15, -0.1) is 0 Å². The topological polar surface area (TPSA) is 153 Å². The quantitative estimate of drug-likeness (QED) is 0.112. The highest BCUT2D eigenvalue weighted by Gasteiger charge is 2.26. The van der Waals surface area contributed by atoms with E-state index in [-0.39, 0.29) is 32.4 Å². The summed E-state index contributed by atoms with van der Waals surface area (Å²) in [7, 11) is -0.982. The highest BCUT2D eigenvalue weighted by molar-refractivity contribution is 7.92. The Hall–Kier alpha value is -5.58. The van der Waals surface area contributed by atoms with Gasteiger partial charge in [0.2, 0.25) is 11.5 Å². The fraction of sp³-hybridized carbons (Fsp3) is 0.152. The molecule has 2 N–H and O–H groups in total. The predicted octanol–water partition coefficient (Wildman–Crippen LogP) is 5.53. The second kappa shape index (κ2) is 13.0. The summed E-state index contributed by atoms with van der Waals surface area (Å²) in [6, 6.07) is 23.1. The number of rotatable bonds is 10. The van der Waals surface area contributed by atoms with Crippen LogP contribution in [0.2, 0.25) is 5.02 Å². The number of benzene rings is 3. The molecular weight excluding hydrogens is 642 g/mol. The minimum Gasteiger partial charge on any atom is -0.495 e. The number of hydrogen-bond donors (Lipinski definition) is 2. The second-order valence-corrected chi connectivity index (χ2v) is 12.6. The number of hydrazone groups is 1. The van der Waals surface area contributed by atoms with Crippen LogP contribution in [-0.4, -0.2) is 41.0 Å². The Morgan fingerprint density at radius 2 is 1.66 bits per heavy atom. The van der Waals surface area contributed by atoms with Crippen LogP contribution in [0.15, 0.2) is 93.7 Å². The molecule has 0 unspecified atom stereocenters. The van der Waals surface area contributed by atoms with Gasteiger partial charge >= 0.3 is 0 Å². The third-order valence-electron chi connectivity index (χ3n) is 7.61. The third-order valence-corrected chi connectivity index (χ3v) is 9.46. The number of methoxy groups -OCH3 is 1. The average molecular weight is 672 g/mol. The van der Waals surface area contributed by atoms with Gasteiger partial charge in [0.1, 0.15) is 22.4 Å². The van der Waals surface area contributed by atoms with Gasteiger partial charge in [-0.05, 0) is 69.3 Å². The maximum absolute atomic E-state index is 13.7. The van der Waals surface area contributed by atoms with Crippen LogP contribution in [0.5, 0.6) is 5.75 Å². The lowest BCUT2D eigenvalue weighted by Crippen LogP contribution is -2.22. The SMILES string of the molecule is COc1ccccc1NS(=O)(=O)c1cc(N/N=C(\C#N)C(=O)c2cc(C)n(-c3c(C)n(C)n(-c4ccccc4)c3=O)c2C)ccc1Cl. The number of Topliss-reactive ketones (excluding diaryl/α,β-unsaturated/α-hetero) is 1. The summed E-state index contributed by atoms with van der Waals surface area (Å²) in [5.41, 5.74) is 5.17. The van der Waals surface area contributed by atoms with Gasteiger partial charge in [0.05, 0.1) is 34.9 Å². The maximum Gasteiger partial charge on any atom is 0.295 e. The number of hydrogen-bond acceptors (Lipinski definition) is 8. The Labute approximate surface area is 276 Å². The Kier molecular flexibility index (Phi) is 9.10. The number of ketones is 1. The smallest absolute Gasteiger partial charge is 0.295 e. The summed E-state index contributed by atoms with van der Waals surface area (Å²) in [6.07, 6.45) is 0. The predicted molar refractivity (Wildman–Crippen MR) is 181 cm³/mol. The van der Waals surface area contributed by atoms with Crippen LogP contribution in [0.25, 0.3) is 11.4 Å². The minimum atomic E-state index is -4.18. The van der Waals surface area contributed by atoms with Crippen LogP contribution in [-0.2, 0) is 17.1 Å². The van der Waals surface area contributed by atoms with Crippen molar-refractivity contribution >= 4 is 44.5 Å². The van der Waals surface area contributed by atoms with E-state index < -0.39 is 21.5 Å². The lowest BCUT2D eigenvalue weighted by Gasteiger charge is -2.13. The van der Waals surface area contributed by atoms with E-state index in [4.69, 9.17) is 16.3 Å². The zero-order valence-corrected chi connectivity index (χ0v) is 27.6. The molecule has 0 fully saturated rings. The van der Waals surface area contributed by atoms with Crippen molar-refractivity contribution in [3.63, 3.8) is 0 Å². The van der Waals surface area contributed by atoms with Gasteiger partial charge in [0.25, 0.3) is 15.6 Å². The number of aromatic nitrogens is 3. The molecule has 5 aromatic rings. The minimum absolute atomic E-state index is 0.0616. The number of nitrogens with zero attached hydrogens (tertiary/aromatic N) is 5. The van der Waals surface area contributed by atoms with Crippen molar-refractivity contribution in [2.24, 2.45) is 12.1 Å². The van der Waals surface area contributed by atoms with E-state index in [9.17, 15) is 23.3 Å². The number of ether oxygens (including phenoxy) is 1. The molecule has 0 aliphatic carbocycles. The molecule has 0 aliphatic rings. The van der Waals surface area contributed by atoms with Crippen molar-refractivity contribution in [1.82, 2.24) is 13.9 Å². The lowest BCUT2D eigenvalue weighted by molar-refractivity contribution is 0.106. The lowest BCUT2D eigenvalue weighted by atomic mass is 10.1. The Morgan fingerprint density at radius 1 is 0.979 bits per heavy atom. The first kappa shape index (κ1) is 32.8. The molecule has 2 aromatic heterocycles. The van der Waals surface area contributed by atoms with Gasteiger partial charge < -0.3 is 9.30 Å². The summed E-state index contributed by atoms with van der Waals surface area (Å²) in [4.78, 5) is 27.0. The maximum atomic E-state index is 13.7. The highest BCUT2D eigenvalue weighted by Crippen LogP contribution is 2.30.